The molecule has 4 heteroatoms. The number of carbonyl (C=O) groups excluding carboxylic acids is 1. The van der Waals surface area contributed by atoms with Gasteiger partial charge in [0.25, 0.3) is 5.91 Å². The molecule has 1 fully saturated rings. The van der Waals surface area contributed by atoms with Gasteiger partial charge in [0.1, 0.15) is 0 Å². The average molecular weight is 243 g/mol. The van der Waals surface area contributed by atoms with Crippen LogP contribution in [-0.2, 0) is 4.79 Å². The van der Waals surface area contributed by atoms with Crippen LogP contribution in [-0.4, -0.2) is 11.6 Å². The Kier molecular flexibility index (Phi) is 2.58. The van der Waals surface area contributed by atoms with E-state index in [1.54, 1.807) is 0 Å². The molecule has 2 aliphatic rings. The van der Waals surface area contributed by atoms with Crippen LogP contribution < -0.4 is 11.2 Å². The molecule has 94 valence electrons. The first-order chi connectivity index (χ1) is 8.72. The molecule has 0 radical (unpaired) electrons. The highest BCUT2D eigenvalue weighted by Crippen LogP contribution is 2.42. The van der Waals surface area contributed by atoms with E-state index >= 15 is 0 Å². The van der Waals surface area contributed by atoms with Gasteiger partial charge in [-0.1, -0.05) is 31.4 Å². The smallest absolute Gasteiger partial charge is 0.252 e. The molecule has 18 heavy (non-hydrogen) atoms. The van der Waals surface area contributed by atoms with Crippen molar-refractivity contribution in [3.8, 4) is 0 Å². The van der Waals surface area contributed by atoms with Crippen molar-refractivity contribution in [3.05, 3.63) is 29.8 Å². The number of benzene rings is 1. The van der Waals surface area contributed by atoms with Gasteiger partial charge < -0.3 is 5.73 Å². The second-order valence-corrected chi connectivity index (χ2v) is 5.17. The quantitative estimate of drug-likeness (QED) is 0.741. The second-order valence-electron chi connectivity index (χ2n) is 5.17. The van der Waals surface area contributed by atoms with Gasteiger partial charge in [-0.25, -0.2) is 5.43 Å². The first-order valence-corrected chi connectivity index (χ1v) is 6.47. The lowest BCUT2D eigenvalue weighted by Crippen LogP contribution is -2.40. The van der Waals surface area contributed by atoms with Crippen LogP contribution in [0.2, 0.25) is 0 Å². The van der Waals surface area contributed by atoms with E-state index in [1.165, 1.54) is 6.42 Å². The third kappa shape index (κ3) is 1.60. The topological polar surface area (TPSA) is 67.5 Å². The lowest BCUT2D eigenvalue weighted by Gasteiger charge is -2.31. The van der Waals surface area contributed by atoms with Crippen LogP contribution >= 0.6 is 0 Å². The van der Waals surface area contributed by atoms with Gasteiger partial charge in [-0.15, -0.1) is 0 Å². The summed E-state index contributed by atoms with van der Waals surface area (Å²) in [6.07, 6.45) is 5.18. The van der Waals surface area contributed by atoms with Gasteiger partial charge in [-0.3, -0.25) is 4.79 Å². The van der Waals surface area contributed by atoms with Crippen molar-refractivity contribution in [2.24, 2.45) is 10.5 Å². The lowest BCUT2D eigenvalue weighted by molar-refractivity contribution is -0.127. The van der Waals surface area contributed by atoms with E-state index in [0.29, 0.717) is 5.69 Å². The Morgan fingerprint density at radius 2 is 2.00 bits per heavy atom. The van der Waals surface area contributed by atoms with E-state index in [2.05, 4.69) is 10.5 Å². The maximum absolute atomic E-state index is 12.2. The molecule has 1 aromatic rings. The van der Waals surface area contributed by atoms with Crippen LogP contribution in [0.5, 0.6) is 0 Å². The number of nitrogen functional groups attached to an aromatic ring is 1. The SMILES string of the molecule is Nc1cccc(C2=NNC(=O)C23CCCCC3)c1. The summed E-state index contributed by atoms with van der Waals surface area (Å²) in [5.74, 6) is 0.0552. The van der Waals surface area contributed by atoms with Crippen LogP contribution in [0.4, 0.5) is 5.69 Å². The zero-order chi connectivity index (χ0) is 12.6. The van der Waals surface area contributed by atoms with Gasteiger partial charge in [0.2, 0.25) is 0 Å². The summed E-state index contributed by atoms with van der Waals surface area (Å²) in [5.41, 5.74) is 10.6. The summed E-state index contributed by atoms with van der Waals surface area (Å²) in [5, 5.41) is 4.27. The summed E-state index contributed by atoms with van der Waals surface area (Å²) >= 11 is 0. The van der Waals surface area contributed by atoms with Crippen molar-refractivity contribution < 1.29 is 4.79 Å². The van der Waals surface area contributed by atoms with Crippen molar-refractivity contribution in [2.75, 3.05) is 5.73 Å². The van der Waals surface area contributed by atoms with Crippen molar-refractivity contribution in [1.82, 2.24) is 5.43 Å². The molecule has 3 N–H and O–H groups in total. The number of hydrogen-bond acceptors (Lipinski definition) is 3. The highest BCUT2D eigenvalue weighted by atomic mass is 16.2. The van der Waals surface area contributed by atoms with E-state index in [0.717, 1.165) is 37.0 Å². The molecule has 1 amide bonds. The standard InChI is InChI=1S/C14H17N3O/c15-11-6-4-5-10(9-11)12-14(13(18)17-16-12)7-2-1-3-8-14/h4-6,9H,1-3,7-8,15H2,(H,17,18). The first-order valence-electron chi connectivity index (χ1n) is 6.47. The number of nitrogens with zero attached hydrogens (tertiary/aromatic N) is 1. The highest BCUT2D eigenvalue weighted by molar-refractivity contribution is 6.20. The Labute approximate surface area is 106 Å². The van der Waals surface area contributed by atoms with Crippen molar-refractivity contribution >= 4 is 17.3 Å². The Balaban J connectivity index is 2.03. The minimum Gasteiger partial charge on any atom is -0.399 e. The predicted molar refractivity (Wildman–Crippen MR) is 71.1 cm³/mol. The fourth-order valence-electron chi connectivity index (χ4n) is 3.07. The number of amides is 1. The predicted octanol–water partition coefficient (Wildman–Crippen LogP) is 2.05. The molecular formula is C14H17N3O. The minimum atomic E-state index is -0.411. The molecule has 4 nitrogen and oxygen atoms in total. The third-order valence-electron chi connectivity index (χ3n) is 4.02. The zero-order valence-electron chi connectivity index (χ0n) is 10.3. The Bertz CT molecular complexity index is 516. The fourth-order valence-corrected chi connectivity index (χ4v) is 3.07. The largest absolute Gasteiger partial charge is 0.399 e. The van der Waals surface area contributed by atoms with E-state index in [4.69, 9.17) is 5.73 Å². The highest BCUT2D eigenvalue weighted by Gasteiger charge is 2.48. The Hall–Kier alpha value is -1.84. The van der Waals surface area contributed by atoms with E-state index in [9.17, 15) is 4.79 Å². The molecule has 0 bridgehead atoms. The number of carbonyl (C=O) groups is 1. The molecule has 1 aliphatic carbocycles. The molecule has 0 atom stereocenters. The number of hydrogen-bond donors (Lipinski definition) is 2. The lowest BCUT2D eigenvalue weighted by atomic mass is 9.69. The van der Waals surface area contributed by atoms with Gasteiger partial charge in [-0.2, -0.15) is 5.10 Å². The van der Waals surface area contributed by atoms with Crippen LogP contribution in [0.1, 0.15) is 37.7 Å². The summed E-state index contributed by atoms with van der Waals surface area (Å²) in [6, 6.07) is 7.63. The maximum atomic E-state index is 12.2. The van der Waals surface area contributed by atoms with E-state index < -0.39 is 5.41 Å². The summed E-state index contributed by atoms with van der Waals surface area (Å²) in [7, 11) is 0. The Morgan fingerprint density at radius 1 is 1.22 bits per heavy atom. The second kappa shape index (κ2) is 4.12. The van der Waals surface area contributed by atoms with Crippen LogP contribution in [0.25, 0.3) is 0 Å². The first kappa shape index (κ1) is 11.3. The van der Waals surface area contributed by atoms with Crippen LogP contribution in [0.3, 0.4) is 0 Å². The van der Waals surface area contributed by atoms with E-state index in [1.807, 2.05) is 24.3 Å². The van der Waals surface area contributed by atoms with Crippen molar-refractivity contribution in [3.63, 3.8) is 0 Å². The number of nitrogens with two attached hydrogens (primary N) is 1. The number of nitrogens with one attached hydrogen (secondary N) is 1. The molecular weight excluding hydrogens is 226 g/mol. The monoisotopic (exact) mass is 243 g/mol. The van der Waals surface area contributed by atoms with Gasteiger partial charge in [0.05, 0.1) is 11.1 Å². The van der Waals surface area contributed by atoms with E-state index in [-0.39, 0.29) is 5.91 Å². The molecule has 3 rings (SSSR count). The van der Waals surface area contributed by atoms with Gasteiger partial charge in [0, 0.05) is 11.3 Å². The normalized spacial score (nSPS) is 21.8. The molecule has 1 spiro atoms. The van der Waals surface area contributed by atoms with Gasteiger partial charge in [0.15, 0.2) is 0 Å². The molecule has 1 aromatic carbocycles. The fraction of sp³-hybridized carbons (Fsp3) is 0.429. The van der Waals surface area contributed by atoms with Crippen LogP contribution in [0, 0.1) is 5.41 Å². The third-order valence-corrected chi connectivity index (χ3v) is 4.02. The number of rotatable bonds is 1. The molecule has 0 aromatic heterocycles. The summed E-state index contributed by atoms with van der Waals surface area (Å²) in [4.78, 5) is 12.2. The minimum absolute atomic E-state index is 0.0552. The Morgan fingerprint density at radius 3 is 2.72 bits per heavy atom. The maximum Gasteiger partial charge on any atom is 0.252 e. The van der Waals surface area contributed by atoms with Gasteiger partial charge in [-0.05, 0) is 25.0 Å². The van der Waals surface area contributed by atoms with Crippen molar-refractivity contribution in [2.45, 2.75) is 32.1 Å². The zero-order valence-corrected chi connectivity index (χ0v) is 10.3. The molecule has 0 unspecified atom stereocenters. The average Bonchev–Trinajstić information content (AvgIpc) is 2.68. The number of anilines is 1. The number of hydrazone groups is 1. The van der Waals surface area contributed by atoms with Crippen molar-refractivity contribution in [1.29, 1.82) is 0 Å². The molecule has 1 saturated carbocycles. The summed E-state index contributed by atoms with van der Waals surface area (Å²) in [6.45, 7) is 0. The van der Waals surface area contributed by atoms with Gasteiger partial charge >= 0.3 is 0 Å². The molecule has 0 saturated heterocycles. The van der Waals surface area contributed by atoms with Crippen LogP contribution in [0.15, 0.2) is 29.4 Å². The summed E-state index contributed by atoms with van der Waals surface area (Å²) < 4.78 is 0. The molecule has 1 heterocycles. The molecule has 1 aliphatic heterocycles.